The molecular weight excluding hydrogens is 312 g/mol. The van der Waals surface area contributed by atoms with E-state index in [9.17, 15) is 9.59 Å². The molecule has 4 nitrogen and oxygen atoms in total. The molecule has 23 heavy (non-hydrogen) atoms. The molecule has 118 valence electrons. The third-order valence-electron chi connectivity index (χ3n) is 3.85. The van der Waals surface area contributed by atoms with E-state index in [1.165, 1.54) is 0 Å². The van der Waals surface area contributed by atoms with Crippen molar-refractivity contribution in [2.45, 2.75) is 19.3 Å². The van der Waals surface area contributed by atoms with Crippen LogP contribution in [0.4, 0.5) is 5.69 Å². The maximum Gasteiger partial charge on any atom is 0.251 e. The number of halogens is 1. The molecule has 2 aromatic rings. The Morgan fingerprint density at radius 2 is 2.04 bits per heavy atom. The van der Waals surface area contributed by atoms with Gasteiger partial charge in [0.1, 0.15) is 0 Å². The number of aryl methyl sites for hydroxylation is 1. The number of nitrogens with one attached hydrogen (secondary N) is 2. The fourth-order valence-electron chi connectivity index (χ4n) is 2.64. The van der Waals surface area contributed by atoms with Gasteiger partial charge in [-0.2, -0.15) is 0 Å². The van der Waals surface area contributed by atoms with Gasteiger partial charge in [0.25, 0.3) is 5.91 Å². The highest BCUT2D eigenvalue weighted by atomic mass is 35.5. The lowest BCUT2D eigenvalue weighted by Crippen LogP contribution is -2.26. The minimum absolute atomic E-state index is 0.0243. The van der Waals surface area contributed by atoms with Crippen molar-refractivity contribution in [3.63, 3.8) is 0 Å². The molecule has 0 fully saturated rings. The zero-order valence-corrected chi connectivity index (χ0v) is 13.3. The van der Waals surface area contributed by atoms with Crippen LogP contribution in [-0.4, -0.2) is 18.4 Å². The lowest BCUT2D eigenvalue weighted by atomic mass is 10.00. The van der Waals surface area contributed by atoms with E-state index in [2.05, 4.69) is 10.6 Å². The monoisotopic (exact) mass is 328 g/mol. The number of amides is 2. The topological polar surface area (TPSA) is 58.2 Å². The van der Waals surface area contributed by atoms with E-state index in [1.54, 1.807) is 12.1 Å². The van der Waals surface area contributed by atoms with Crippen LogP contribution in [0.25, 0.3) is 0 Å². The van der Waals surface area contributed by atoms with Crippen molar-refractivity contribution in [1.29, 1.82) is 0 Å². The van der Waals surface area contributed by atoms with Gasteiger partial charge in [-0.05, 0) is 54.3 Å². The summed E-state index contributed by atoms with van der Waals surface area (Å²) in [4.78, 5) is 23.6. The summed E-state index contributed by atoms with van der Waals surface area (Å²) in [6, 6.07) is 13.0. The Labute approximate surface area is 139 Å². The predicted molar refractivity (Wildman–Crippen MR) is 90.9 cm³/mol. The van der Waals surface area contributed by atoms with Gasteiger partial charge in [0.2, 0.25) is 5.91 Å². The molecule has 3 rings (SSSR count). The van der Waals surface area contributed by atoms with Crippen LogP contribution in [0.5, 0.6) is 0 Å². The second kappa shape index (κ2) is 6.84. The van der Waals surface area contributed by atoms with E-state index in [4.69, 9.17) is 11.6 Å². The van der Waals surface area contributed by atoms with E-state index >= 15 is 0 Å². The van der Waals surface area contributed by atoms with Gasteiger partial charge < -0.3 is 10.6 Å². The quantitative estimate of drug-likeness (QED) is 0.905. The molecule has 1 aliphatic heterocycles. The van der Waals surface area contributed by atoms with Gasteiger partial charge in [0, 0.05) is 29.2 Å². The third kappa shape index (κ3) is 3.90. The Morgan fingerprint density at radius 1 is 1.17 bits per heavy atom. The van der Waals surface area contributed by atoms with Gasteiger partial charge >= 0.3 is 0 Å². The molecule has 2 N–H and O–H groups in total. The van der Waals surface area contributed by atoms with Crippen molar-refractivity contribution in [1.82, 2.24) is 5.32 Å². The number of carbonyl (C=O) groups is 2. The first-order chi connectivity index (χ1) is 11.1. The van der Waals surface area contributed by atoms with E-state index < -0.39 is 0 Å². The van der Waals surface area contributed by atoms with Gasteiger partial charge in [-0.25, -0.2) is 0 Å². The van der Waals surface area contributed by atoms with Crippen molar-refractivity contribution < 1.29 is 9.59 Å². The van der Waals surface area contributed by atoms with E-state index in [-0.39, 0.29) is 11.8 Å². The highest BCUT2D eigenvalue weighted by Gasteiger charge is 2.16. The van der Waals surface area contributed by atoms with Crippen LogP contribution < -0.4 is 10.6 Å². The largest absolute Gasteiger partial charge is 0.352 e. The van der Waals surface area contributed by atoms with Crippen molar-refractivity contribution in [2.24, 2.45) is 0 Å². The second-order valence-corrected chi connectivity index (χ2v) is 5.99. The van der Waals surface area contributed by atoms with Crippen molar-refractivity contribution in [3.05, 3.63) is 64.2 Å². The Morgan fingerprint density at radius 3 is 2.87 bits per heavy atom. The number of hydrogen-bond acceptors (Lipinski definition) is 2. The number of carbonyl (C=O) groups excluding carboxylic acids is 2. The molecule has 1 heterocycles. The van der Waals surface area contributed by atoms with Crippen LogP contribution in [0, 0.1) is 0 Å². The molecular formula is C18H17ClN2O2. The molecule has 0 unspecified atom stereocenters. The Kier molecular flexibility index (Phi) is 4.63. The standard InChI is InChI=1S/C18H17ClN2O2/c19-15-3-1-2-12(10-15)8-9-20-18(23)14-4-6-16-13(11-14)5-7-17(22)21-16/h1-4,6,10-11H,5,7-9H2,(H,20,23)(H,21,22). The highest BCUT2D eigenvalue weighted by Crippen LogP contribution is 2.23. The van der Waals surface area contributed by atoms with Crippen LogP contribution >= 0.6 is 11.6 Å². The highest BCUT2D eigenvalue weighted by molar-refractivity contribution is 6.30. The van der Waals surface area contributed by atoms with Gasteiger partial charge in [0.15, 0.2) is 0 Å². The van der Waals surface area contributed by atoms with Crippen LogP contribution in [0.1, 0.15) is 27.9 Å². The predicted octanol–water partition coefficient (Wildman–Crippen LogP) is 3.20. The number of hydrogen-bond donors (Lipinski definition) is 2. The summed E-state index contributed by atoms with van der Waals surface area (Å²) in [6.07, 6.45) is 1.87. The van der Waals surface area contributed by atoms with Crippen LogP contribution in [-0.2, 0) is 17.6 Å². The lowest BCUT2D eigenvalue weighted by molar-refractivity contribution is -0.116. The average molecular weight is 329 g/mol. The molecule has 0 bridgehead atoms. The Hall–Kier alpha value is -2.33. The van der Waals surface area contributed by atoms with Crippen molar-refractivity contribution in [2.75, 3.05) is 11.9 Å². The van der Waals surface area contributed by atoms with Crippen molar-refractivity contribution in [3.8, 4) is 0 Å². The van der Waals surface area contributed by atoms with Gasteiger partial charge in [-0.15, -0.1) is 0 Å². The smallest absolute Gasteiger partial charge is 0.251 e. The number of fused-ring (bicyclic) bond motifs is 1. The van der Waals surface area contributed by atoms with E-state index in [0.717, 1.165) is 23.2 Å². The van der Waals surface area contributed by atoms with E-state index in [1.807, 2.05) is 30.3 Å². The number of benzene rings is 2. The minimum atomic E-state index is -0.105. The Balaban J connectivity index is 1.59. The number of anilines is 1. The molecule has 0 saturated carbocycles. The molecule has 0 radical (unpaired) electrons. The molecule has 2 amide bonds. The van der Waals surface area contributed by atoms with Gasteiger partial charge in [0.05, 0.1) is 0 Å². The summed E-state index contributed by atoms with van der Waals surface area (Å²) >= 11 is 5.94. The summed E-state index contributed by atoms with van der Waals surface area (Å²) in [7, 11) is 0. The molecule has 0 aliphatic carbocycles. The second-order valence-electron chi connectivity index (χ2n) is 5.56. The van der Waals surface area contributed by atoms with Crippen molar-refractivity contribution >= 4 is 29.1 Å². The summed E-state index contributed by atoms with van der Waals surface area (Å²) in [6.45, 7) is 0.549. The number of rotatable bonds is 4. The summed E-state index contributed by atoms with van der Waals surface area (Å²) < 4.78 is 0. The van der Waals surface area contributed by atoms with Crippen LogP contribution in [0.3, 0.4) is 0 Å². The maximum absolute atomic E-state index is 12.2. The normalized spacial score (nSPS) is 13.2. The fourth-order valence-corrected chi connectivity index (χ4v) is 2.85. The molecule has 0 saturated heterocycles. The fraction of sp³-hybridized carbons (Fsp3) is 0.222. The molecule has 0 atom stereocenters. The third-order valence-corrected chi connectivity index (χ3v) is 4.09. The summed E-state index contributed by atoms with van der Waals surface area (Å²) in [5.41, 5.74) is 3.51. The molecule has 0 aromatic heterocycles. The van der Waals surface area contributed by atoms with Crippen LogP contribution in [0.15, 0.2) is 42.5 Å². The van der Waals surface area contributed by atoms with E-state index in [0.29, 0.717) is 30.0 Å². The molecule has 5 heteroatoms. The van der Waals surface area contributed by atoms with Crippen LogP contribution in [0.2, 0.25) is 5.02 Å². The Bertz CT molecular complexity index is 758. The zero-order chi connectivity index (χ0) is 16.2. The molecule has 1 aliphatic rings. The van der Waals surface area contributed by atoms with Gasteiger partial charge in [-0.1, -0.05) is 23.7 Å². The zero-order valence-electron chi connectivity index (χ0n) is 12.6. The average Bonchev–Trinajstić information content (AvgIpc) is 2.54. The summed E-state index contributed by atoms with van der Waals surface area (Å²) in [5, 5.41) is 6.43. The first kappa shape index (κ1) is 15.6. The minimum Gasteiger partial charge on any atom is -0.352 e. The molecule has 0 spiro atoms. The first-order valence-electron chi connectivity index (χ1n) is 7.57. The summed E-state index contributed by atoms with van der Waals surface area (Å²) in [5.74, 6) is -0.0806. The van der Waals surface area contributed by atoms with Gasteiger partial charge in [-0.3, -0.25) is 9.59 Å². The first-order valence-corrected chi connectivity index (χ1v) is 7.95. The molecule has 2 aromatic carbocycles. The maximum atomic E-state index is 12.2. The lowest BCUT2D eigenvalue weighted by Gasteiger charge is -2.17. The SMILES string of the molecule is O=C1CCc2cc(C(=O)NCCc3cccc(Cl)c3)ccc2N1.